The largest absolute Gasteiger partial charge is 0.507 e. The summed E-state index contributed by atoms with van der Waals surface area (Å²) in [7, 11) is 0. The van der Waals surface area contributed by atoms with Crippen LogP contribution in [-0.4, -0.2) is 29.7 Å². The number of phenolic OH excluding ortho intramolecular Hbond substituents is 1. The smallest absolute Gasteiger partial charge is 0.259 e. The molecular weight excluding hydrogens is 354 g/mol. The molecule has 3 N–H and O–H groups in total. The molecule has 2 aromatic rings. The number of hydrazone groups is 1. The molecule has 0 unspecified atom stereocenters. The topological polar surface area (TPSA) is 90.8 Å². The van der Waals surface area contributed by atoms with Crippen LogP contribution < -0.4 is 10.7 Å². The maximum atomic E-state index is 12.0. The molecule has 7 heteroatoms. The Hall–Kier alpha value is -3.12. The highest BCUT2D eigenvalue weighted by Crippen LogP contribution is 2.21. The molecule has 0 bridgehead atoms. The fraction of sp³-hybridized carbons (Fsp3) is 0.105. The van der Waals surface area contributed by atoms with Crippen molar-refractivity contribution in [2.75, 3.05) is 6.54 Å². The number of rotatable bonds is 7. The number of hydrogen-bond donors (Lipinski definition) is 3. The van der Waals surface area contributed by atoms with Gasteiger partial charge in [-0.15, -0.1) is 6.58 Å². The second-order valence-electron chi connectivity index (χ2n) is 5.30. The standard InChI is InChI=1S/C19H18ClN3O3/c1-2-6-13-7-5-8-14(18(13)25)11-22-23-17(24)12-21-19(26)15-9-3-4-10-16(15)20/h2-5,7-11,25H,1,6,12H2,(H,21,26)(H,23,24)/b22-11+. The van der Waals surface area contributed by atoms with E-state index in [0.717, 1.165) is 0 Å². The Morgan fingerprint density at radius 2 is 1.96 bits per heavy atom. The lowest BCUT2D eigenvalue weighted by atomic mass is 10.1. The lowest BCUT2D eigenvalue weighted by Crippen LogP contribution is -2.35. The number of carbonyl (C=O) groups is 2. The number of benzene rings is 2. The number of halogens is 1. The summed E-state index contributed by atoms with van der Waals surface area (Å²) in [5.74, 6) is -0.884. The molecule has 0 fully saturated rings. The number of nitrogens with zero attached hydrogens (tertiary/aromatic N) is 1. The SMILES string of the molecule is C=CCc1cccc(/C=N/NC(=O)CNC(=O)c2ccccc2Cl)c1O. The van der Waals surface area contributed by atoms with E-state index in [4.69, 9.17) is 11.6 Å². The quantitative estimate of drug-likeness (QED) is 0.397. The van der Waals surface area contributed by atoms with Gasteiger partial charge in [-0.2, -0.15) is 5.10 Å². The molecule has 2 amide bonds. The van der Waals surface area contributed by atoms with Crippen molar-refractivity contribution < 1.29 is 14.7 Å². The zero-order valence-electron chi connectivity index (χ0n) is 13.9. The number of aromatic hydroxyl groups is 1. The molecule has 0 aliphatic carbocycles. The van der Waals surface area contributed by atoms with Gasteiger partial charge in [-0.05, 0) is 30.2 Å². The van der Waals surface area contributed by atoms with Crippen LogP contribution in [0.5, 0.6) is 5.75 Å². The number of amides is 2. The first-order valence-corrected chi connectivity index (χ1v) is 8.17. The van der Waals surface area contributed by atoms with Crippen LogP contribution in [0.4, 0.5) is 0 Å². The predicted octanol–water partition coefficient (Wildman–Crippen LogP) is 2.65. The van der Waals surface area contributed by atoms with Crippen LogP contribution in [0, 0.1) is 0 Å². The average Bonchev–Trinajstić information content (AvgIpc) is 2.63. The number of nitrogens with one attached hydrogen (secondary N) is 2. The Morgan fingerprint density at radius 1 is 1.19 bits per heavy atom. The van der Waals surface area contributed by atoms with Gasteiger partial charge in [0.1, 0.15) is 5.75 Å². The van der Waals surface area contributed by atoms with E-state index in [2.05, 4.69) is 22.4 Å². The van der Waals surface area contributed by atoms with Gasteiger partial charge < -0.3 is 10.4 Å². The van der Waals surface area contributed by atoms with Crippen LogP contribution in [-0.2, 0) is 11.2 Å². The molecule has 0 aliphatic heterocycles. The van der Waals surface area contributed by atoms with E-state index in [-0.39, 0.29) is 17.9 Å². The van der Waals surface area contributed by atoms with Crippen LogP contribution >= 0.6 is 11.6 Å². The molecule has 2 aromatic carbocycles. The molecule has 26 heavy (non-hydrogen) atoms. The second kappa shape index (κ2) is 9.39. The molecular formula is C19H18ClN3O3. The third kappa shape index (κ3) is 5.19. The number of allylic oxidation sites excluding steroid dienone is 1. The molecule has 0 saturated carbocycles. The lowest BCUT2D eigenvalue weighted by Gasteiger charge is -2.06. The van der Waals surface area contributed by atoms with Crippen molar-refractivity contribution in [1.29, 1.82) is 0 Å². The number of carbonyl (C=O) groups excluding carboxylic acids is 2. The molecule has 6 nitrogen and oxygen atoms in total. The number of phenols is 1. The third-order valence-corrected chi connectivity index (χ3v) is 3.77. The van der Waals surface area contributed by atoms with E-state index in [1.165, 1.54) is 6.21 Å². The summed E-state index contributed by atoms with van der Waals surface area (Å²) in [6, 6.07) is 11.7. The monoisotopic (exact) mass is 371 g/mol. The molecule has 0 spiro atoms. The Balaban J connectivity index is 1.88. The van der Waals surface area contributed by atoms with E-state index in [1.54, 1.807) is 48.5 Å². The molecule has 2 rings (SSSR count). The summed E-state index contributed by atoms with van der Waals surface area (Å²) in [4.78, 5) is 23.7. The Labute approximate surface area is 156 Å². The van der Waals surface area contributed by atoms with Gasteiger partial charge in [0, 0.05) is 5.56 Å². The highest BCUT2D eigenvalue weighted by molar-refractivity contribution is 6.33. The van der Waals surface area contributed by atoms with Crippen LogP contribution in [0.15, 0.2) is 60.2 Å². The number of para-hydroxylation sites is 1. The van der Waals surface area contributed by atoms with Gasteiger partial charge >= 0.3 is 0 Å². The van der Waals surface area contributed by atoms with Crippen molar-refractivity contribution in [3.8, 4) is 5.75 Å². The van der Waals surface area contributed by atoms with Crippen molar-refractivity contribution in [3.05, 3.63) is 76.8 Å². The summed E-state index contributed by atoms with van der Waals surface area (Å²) in [5, 5.41) is 16.6. The second-order valence-corrected chi connectivity index (χ2v) is 5.71. The van der Waals surface area contributed by atoms with Gasteiger partial charge in [-0.1, -0.05) is 41.9 Å². The van der Waals surface area contributed by atoms with E-state index in [1.807, 2.05) is 0 Å². The fourth-order valence-electron chi connectivity index (χ4n) is 2.15. The predicted molar refractivity (Wildman–Crippen MR) is 102 cm³/mol. The highest BCUT2D eigenvalue weighted by atomic mass is 35.5. The van der Waals surface area contributed by atoms with Crippen LogP contribution in [0.2, 0.25) is 5.02 Å². The maximum absolute atomic E-state index is 12.0. The summed E-state index contributed by atoms with van der Waals surface area (Å²) in [5.41, 5.74) is 3.74. The molecule has 0 saturated heterocycles. The van der Waals surface area contributed by atoms with Gasteiger partial charge in [-0.25, -0.2) is 5.43 Å². The van der Waals surface area contributed by atoms with Crippen molar-refractivity contribution >= 4 is 29.6 Å². The zero-order chi connectivity index (χ0) is 18.9. The molecule has 0 heterocycles. The van der Waals surface area contributed by atoms with Crippen molar-refractivity contribution in [1.82, 2.24) is 10.7 Å². The van der Waals surface area contributed by atoms with E-state index in [9.17, 15) is 14.7 Å². The fourth-order valence-corrected chi connectivity index (χ4v) is 2.37. The van der Waals surface area contributed by atoms with E-state index < -0.39 is 11.8 Å². The summed E-state index contributed by atoms with van der Waals surface area (Å²) >= 11 is 5.92. The van der Waals surface area contributed by atoms with Gasteiger partial charge in [0.05, 0.1) is 23.3 Å². The van der Waals surface area contributed by atoms with Gasteiger partial charge in [0.2, 0.25) is 0 Å². The Morgan fingerprint density at radius 3 is 2.69 bits per heavy atom. The Bertz CT molecular complexity index is 850. The van der Waals surface area contributed by atoms with Gasteiger partial charge in [0.15, 0.2) is 0 Å². The Kier molecular flexibility index (Phi) is 6.93. The van der Waals surface area contributed by atoms with Crippen molar-refractivity contribution in [2.45, 2.75) is 6.42 Å². The van der Waals surface area contributed by atoms with Gasteiger partial charge in [-0.3, -0.25) is 9.59 Å². The van der Waals surface area contributed by atoms with Crippen LogP contribution in [0.25, 0.3) is 0 Å². The average molecular weight is 372 g/mol. The van der Waals surface area contributed by atoms with Crippen molar-refractivity contribution in [3.63, 3.8) is 0 Å². The highest BCUT2D eigenvalue weighted by Gasteiger charge is 2.10. The minimum Gasteiger partial charge on any atom is -0.507 e. The molecule has 0 aromatic heterocycles. The molecule has 0 aliphatic rings. The van der Waals surface area contributed by atoms with Gasteiger partial charge in [0.25, 0.3) is 11.8 Å². The summed E-state index contributed by atoms with van der Waals surface area (Å²) in [6.45, 7) is 3.37. The third-order valence-electron chi connectivity index (χ3n) is 3.44. The molecule has 0 radical (unpaired) electrons. The minimum atomic E-state index is -0.511. The van der Waals surface area contributed by atoms with E-state index >= 15 is 0 Å². The zero-order valence-corrected chi connectivity index (χ0v) is 14.7. The minimum absolute atomic E-state index is 0.0809. The summed E-state index contributed by atoms with van der Waals surface area (Å²) < 4.78 is 0. The first-order chi connectivity index (χ1) is 12.5. The number of hydrogen-bond acceptors (Lipinski definition) is 4. The van der Waals surface area contributed by atoms with Crippen LogP contribution in [0.3, 0.4) is 0 Å². The van der Waals surface area contributed by atoms with E-state index in [0.29, 0.717) is 22.6 Å². The molecule has 0 atom stereocenters. The first kappa shape index (κ1) is 19.2. The summed E-state index contributed by atoms with van der Waals surface area (Å²) in [6.07, 6.45) is 3.53. The molecule has 134 valence electrons. The van der Waals surface area contributed by atoms with Crippen molar-refractivity contribution in [2.24, 2.45) is 5.10 Å². The first-order valence-electron chi connectivity index (χ1n) is 7.79. The lowest BCUT2D eigenvalue weighted by molar-refractivity contribution is -0.120. The van der Waals surface area contributed by atoms with Crippen LogP contribution in [0.1, 0.15) is 21.5 Å². The maximum Gasteiger partial charge on any atom is 0.259 e. The normalized spacial score (nSPS) is 10.5.